The van der Waals surface area contributed by atoms with E-state index in [-0.39, 0.29) is 12.0 Å². The molecule has 0 aliphatic carbocycles. The topological polar surface area (TPSA) is 27.7 Å². The lowest BCUT2D eigenvalue weighted by atomic mass is 10.0. The third kappa shape index (κ3) is 5.51. The molecule has 170 valence electrons. The maximum atomic E-state index is 14.4. The summed E-state index contributed by atoms with van der Waals surface area (Å²) in [6.45, 7) is 4.16. The Labute approximate surface area is 175 Å². The monoisotopic (exact) mass is 448 g/mol. The van der Waals surface area contributed by atoms with Crippen LogP contribution in [0.2, 0.25) is 0 Å². The fourth-order valence-electron chi connectivity index (χ4n) is 3.20. The van der Waals surface area contributed by atoms with Gasteiger partial charge in [-0.2, -0.15) is 8.78 Å². The smallest absolute Gasteiger partial charge is 0.429 e. The van der Waals surface area contributed by atoms with Gasteiger partial charge in [0.05, 0.1) is 13.2 Å². The largest absolute Gasteiger partial charge is 0.432 e. The van der Waals surface area contributed by atoms with E-state index in [2.05, 4.69) is 4.74 Å². The standard InChI is InChI=1S/C22H22F6O3/c1-3-13-10-29-20(30-11-13)5-4-14-6-18(25)21(19(26)7-14)22(27,28)31-15-8-16(23)12(2)17(24)9-15/h6-9,13,20H,3-5,10-11H2,1-2H3. The first-order valence-electron chi connectivity index (χ1n) is 9.84. The highest BCUT2D eigenvalue weighted by Crippen LogP contribution is 2.36. The van der Waals surface area contributed by atoms with Gasteiger partial charge in [-0.1, -0.05) is 6.92 Å². The van der Waals surface area contributed by atoms with Gasteiger partial charge in [-0.05, 0) is 37.5 Å². The van der Waals surface area contributed by atoms with Crippen molar-refractivity contribution in [2.75, 3.05) is 13.2 Å². The van der Waals surface area contributed by atoms with Crippen molar-refractivity contribution in [3.05, 3.63) is 64.2 Å². The number of rotatable bonds is 7. The van der Waals surface area contributed by atoms with Crippen LogP contribution in [0.25, 0.3) is 0 Å². The normalized spacial score (nSPS) is 19.5. The number of aryl methyl sites for hydroxylation is 1. The summed E-state index contributed by atoms with van der Waals surface area (Å²) >= 11 is 0. The van der Waals surface area contributed by atoms with Crippen molar-refractivity contribution in [2.24, 2.45) is 5.92 Å². The average molecular weight is 448 g/mol. The van der Waals surface area contributed by atoms with Crippen LogP contribution < -0.4 is 4.74 Å². The Hall–Kier alpha value is -2.26. The van der Waals surface area contributed by atoms with Gasteiger partial charge in [-0.15, -0.1) is 0 Å². The maximum absolute atomic E-state index is 14.4. The minimum atomic E-state index is -4.49. The number of hydrogen-bond acceptors (Lipinski definition) is 3. The molecule has 0 spiro atoms. The SMILES string of the molecule is CCC1COC(CCc2cc(F)c(C(F)(F)Oc3cc(F)c(C)c(F)c3)c(F)c2)OC1. The van der Waals surface area contributed by atoms with Crippen molar-refractivity contribution in [2.45, 2.75) is 45.5 Å². The number of halogens is 6. The number of benzene rings is 2. The summed E-state index contributed by atoms with van der Waals surface area (Å²) in [5.74, 6) is -5.93. The molecule has 1 saturated heterocycles. The van der Waals surface area contributed by atoms with E-state index in [1.807, 2.05) is 6.92 Å². The summed E-state index contributed by atoms with van der Waals surface area (Å²) in [6.07, 6.45) is -3.70. The van der Waals surface area contributed by atoms with E-state index < -0.39 is 52.5 Å². The van der Waals surface area contributed by atoms with Crippen molar-refractivity contribution in [3.63, 3.8) is 0 Å². The van der Waals surface area contributed by atoms with Gasteiger partial charge >= 0.3 is 6.11 Å². The van der Waals surface area contributed by atoms with Gasteiger partial charge in [0.25, 0.3) is 0 Å². The molecule has 0 amide bonds. The first-order chi connectivity index (χ1) is 14.6. The van der Waals surface area contributed by atoms with E-state index in [4.69, 9.17) is 9.47 Å². The molecule has 0 aromatic heterocycles. The minimum Gasteiger partial charge on any atom is -0.429 e. The summed E-state index contributed by atoms with van der Waals surface area (Å²) in [4.78, 5) is 0. The molecule has 1 aliphatic heterocycles. The molecule has 31 heavy (non-hydrogen) atoms. The molecule has 9 heteroatoms. The zero-order valence-corrected chi connectivity index (χ0v) is 17.0. The molecule has 0 unspecified atom stereocenters. The highest BCUT2D eigenvalue weighted by molar-refractivity contribution is 5.33. The molecule has 1 fully saturated rings. The van der Waals surface area contributed by atoms with E-state index in [0.29, 0.717) is 37.7 Å². The van der Waals surface area contributed by atoms with Gasteiger partial charge in [0, 0.05) is 30.0 Å². The molecule has 0 N–H and O–H groups in total. The lowest BCUT2D eigenvalue weighted by molar-refractivity contribution is -0.202. The molecular weight excluding hydrogens is 426 g/mol. The third-order valence-electron chi connectivity index (χ3n) is 5.18. The molecule has 0 radical (unpaired) electrons. The van der Waals surface area contributed by atoms with E-state index in [0.717, 1.165) is 25.5 Å². The first-order valence-corrected chi connectivity index (χ1v) is 9.84. The van der Waals surface area contributed by atoms with E-state index >= 15 is 0 Å². The third-order valence-corrected chi connectivity index (χ3v) is 5.18. The second kappa shape index (κ2) is 9.48. The highest BCUT2D eigenvalue weighted by atomic mass is 19.3. The molecule has 1 heterocycles. The van der Waals surface area contributed by atoms with Gasteiger partial charge in [0.1, 0.15) is 34.6 Å². The Bertz CT molecular complexity index is 879. The molecule has 2 aromatic rings. The van der Waals surface area contributed by atoms with Crippen LogP contribution in [-0.2, 0) is 22.0 Å². The molecular formula is C22H22F6O3. The van der Waals surface area contributed by atoms with Crippen LogP contribution in [0.15, 0.2) is 24.3 Å². The zero-order valence-electron chi connectivity index (χ0n) is 17.0. The number of hydrogen-bond donors (Lipinski definition) is 0. The van der Waals surface area contributed by atoms with Crippen LogP contribution in [0.5, 0.6) is 5.75 Å². The average Bonchev–Trinajstić information content (AvgIpc) is 2.69. The fraction of sp³-hybridized carbons (Fsp3) is 0.455. The fourth-order valence-corrected chi connectivity index (χ4v) is 3.20. The Morgan fingerprint density at radius 2 is 1.48 bits per heavy atom. The Morgan fingerprint density at radius 1 is 0.935 bits per heavy atom. The molecule has 3 rings (SSSR count). The van der Waals surface area contributed by atoms with Gasteiger partial charge < -0.3 is 14.2 Å². The van der Waals surface area contributed by atoms with Crippen LogP contribution in [0.4, 0.5) is 26.3 Å². The Kier molecular flexibility index (Phi) is 7.16. The van der Waals surface area contributed by atoms with Gasteiger partial charge in [-0.25, -0.2) is 17.6 Å². The van der Waals surface area contributed by atoms with Crippen molar-refractivity contribution < 1.29 is 40.6 Å². The molecule has 2 aromatic carbocycles. The van der Waals surface area contributed by atoms with Crippen LogP contribution in [-0.4, -0.2) is 19.5 Å². The van der Waals surface area contributed by atoms with Gasteiger partial charge in [0.2, 0.25) is 0 Å². The number of alkyl halides is 2. The van der Waals surface area contributed by atoms with Crippen LogP contribution in [0, 0.1) is 36.1 Å². The number of ether oxygens (including phenoxy) is 3. The molecule has 3 nitrogen and oxygen atoms in total. The Morgan fingerprint density at radius 3 is 2.00 bits per heavy atom. The van der Waals surface area contributed by atoms with Crippen molar-refractivity contribution in [3.8, 4) is 5.75 Å². The summed E-state index contributed by atoms with van der Waals surface area (Å²) in [7, 11) is 0. The summed E-state index contributed by atoms with van der Waals surface area (Å²) in [5.41, 5.74) is -1.91. The van der Waals surface area contributed by atoms with Crippen molar-refractivity contribution >= 4 is 0 Å². The van der Waals surface area contributed by atoms with E-state index in [1.165, 1.54) is 0 Å². The second-order valence-electron chi connectivity index (χ2n) is 7.47. The van der Waals surface area contributed by atoms with Crippen molar-refractivity contribution in [1.29, 1.82) is 0 Å². The highest BCUT2D eigenvalue weighted by Gasteiger charge is 2.41. The summed E-state index contributed by atoms with van der Waals surface area (Å²) in [5, 5.41) is 0. The summed E-state index contributed by atoms with van der Waals surface area (Å²) in [6, 6.07) is 2.57. The van der Waals surface area contributed by atoms with Gasteiger partial charge in [0.15, 0.2) is 6.29 Å². The van der Waals surface area contributed by atoms with Gasteiger partial charge in [-0.3, -0.25) is 0 Å². The van der Waals surface area contributed by atoms with E-state index in [9.17, 15) is 26.3 Å². The minimum absolute atomic E-state index is 0.131. The predicted octanol–water partition coefficient (Wildman–Crippen LogP) is 6.01. The quantitative estimate of drug-likeness (QED) is 0.486. The maximum Gasteiger partial charge on any atom is 0.432 e. The van der Waals surface area contributed by atoms with Crippen molar-refractivity contribution in [1.82, 2.24) is 0 Å². The van der Waals surface area contributed by atoms with Crippen LogP contribution >= 0.6 is 0 Å². The first kappa shape index (κ1) is 23.4. The van der Waals surface area contributed by atoms with Crippen LogP contribution in [0.3, 0.4) is 0 Å². The second-order valence-corrected chi connectivity index (χ2v) is 7.47. The Balaban J connectivity index is 1.72. The lowest BCUT2D eigenvalue weighted by Gasteiger charge is -2.28. The summed E-state index contributed by atoms with van der Waals surface area (Å²) < 4.78 is 100. The molecule has 0 saturated carbocycles. The van der Waals surface area contributed by atoms with Crippen LogP contribution in [0.1, 0.15) is 36.5 Å². The van der Waals surface area contributed by atoms with E-state index in [1.54, 1.807) is 0 Å². The molecule has 0 atom stereocenters. The molecule has 0 bridgehead atoms. The predicted molar refractivity (Wildman–Crippen MR) is 99.8 cm³/mol. The molecule has 1 aliphatic rings. The lowest BCUT2D eigenvalue weighted by Crippen LogP contribution is -2.32. The zero-order chi connectivity index (χ0) is 22.8.